The van der Waals surface area contributed by atoms with Crippen LogP contribution in [0.15, 0.2) is 54.6 Å². The summed E-state index contributed by atoms with van der Waals surface area (Å²) in [6.45, 7) is 3.96. The van der Waals surface area contributed by atoms with E-state index in [1.807, 2.05) is 68.4 Å². The maximum Gasteiger partial charge on any atom is 0.491 e. The molecule has 114 valence electrons. The van der Waals surface area contributed by atoms with E-state index >= 15 is 0 Å². The lowest BCUT2D eigenvalue weighted by molar-refractivity contribution is -0.118. The van der Waals surface area contributed by atoms with Gasteiger partial charge in [0.1, 0.15) is 0 Å². The van der Waals surface area contributed by atoms with Crippen molar-refractivity contribution in [1.82, 2.24) is 0 Å². The van der Waals surface area contributed by atoms with Crippen molar-refractivity contribution in [2.75, 3.05) is 5.32 Å². The number of carbonyl (C=O) groups is 1. The summed E-state index contributed by atoms with van der Waals surface area (Å²) in [4.78, 5) is 11.7. The maximum absolute atomic E-state index is 11.7. The van der Waals surface area contributed by atoms with E-state index in [2.05, 4.69) is 5.32 Å². The number of nitrogens with one attached hydrogen (secondary N) is 1. The van der Waals surface area contributed by atoms with Gasteiger partial charge in [0.05, 0.1) is 6.61 Å². The van der Waals surface area contributed by atoms with Crippen LogP contribution in [0.4, 0.5) is 5.69 Å². The quantitative estimate of drug-likeness (QED) is 0.804. The van der Waals surface area contributed by atoms with Gasteiger partial charge in [0, 0.05) is 11.6 Å². The highest BCUT2D eigenvalue weighted by molar-refractivity contribution is 6.59. The van der Waals surface area contributed by atoms with Gasteiger partial charge in [0.2, 0.25) is 5.91 Å². The Hall–Kier alpha value is -2.11. The van der Waals surface area contributed by atoms with Crippen LogP contribution in [0.2, 0.25) is 0 Å². The van der Waals surface area contributed by atoms with Crippen LogP contribution < -0.4 is 10.8 Å². The molecule has 4 nitrogen and oxygen atoms in total. The van der Waals surface area contributed by atoms with E-state index in [0.717, 1.165) is 11.3 Å². The molecular formula is C17H20BNO3. The predicted molar refractivity (Wildman–Crippen MR) is 88.7 cm³/mol. The van der Waals surface area contributed by atoms with E-state index in [1.165, 1.54) is 0 Å². The first-order valence-electron chi connectivity index (χ1n) is 7.30. The van der Waals surface area contributed by atoms with Crippen LogP contribution in [0, 0.1) is 5.92 Å². The molecule has 1 amide bonds. The fourth-order valence-corrected chi connectivity index (χ4v) is 1.91. The number of rotatable bonds is 6. The van der Waals surface area contributed by atoms with Crippen LogP contribution in [-0.2, 0) is 16.1 Å². The summed E-state index contributed by atoms with van der Waals surface area (Å²) in [6, 6.07) is 16.6. The Morgan fingerprint density at radius 1 is 1.18 bits per heavy atom. The second kappa shape index (κ2) is 7.78. The van der Waals surface area contributed by atoms with Crippen molar-refractivity contribution in [3.8, 4) is 0 Å². The molecule has 0 fully saturated rings. The zero-order chi connectivity index (χ0) is 15.9. The smallest absolute Gasteiger partial charge is 0.423 e. The van der Waals surface area contributed by atoms with Crippen molar-refractivity contribution in [2.24, 2.45) is 5.92 Å². The van der Waals surface area contributed by atoms with Gasteiger partial charge in [-0.25, -0.2) is 0 Å². The van der Waals surface area contributed by atoms with Gasteiger partial charge in [-0.2, -0.15) is 0 Å². The third-order valence-electron chi connectivity index (χ3n) is 3.21. The Morgan fingerprint density at radius 3 is 2.59 bits per heavy atom. The van der Waals surface area contributed by atoms with Crippen molar-refractivity contribution in [1.29, 1.82) is 0 Å². The topological polar surface area (TPSA) is 58.6 Å². The number of amides is 1. The molecule has 0 spiro atoms. The van der Waals surface area contributed by atoms with Crippen molar-refractivity contribution in [3.63, 3.8) is 0 Å². The van der Waals surface area contributed by atoms with Gasteiger partial charge in [0.15, 0.2) is 0 Å². The van der Waals surface area contributed by atoms with Crippen molar-refractivity contribution in [2.45, 2.75) is 20.5 Å². The molecule has 0 atom stereocenters. The molecule has 0 aliphatic heterocycles. The number of hydrogen-bond acceptors (Lipinski definition) is 3. The predicted octanol–water partition coefficient (Wildman–Crippen LogP) is 2.19. The molecule has 2 aromatic rings. The number of hydrogen-bond donors (Lipinski definition) is 2. The number of benzene rings is 2. The molecular weight excluding hydrogens is 277 g/mol. The van der Waals surface area contributed by atoms with Crippen LogP contribution >= 0.6 is 0 Å². The highest BCUT2D eigenvalue weighted by Crippen LogP contribution is 2.13. The van der Waals surface area contributed by atoms with Gasteiger partial charge in [-0.3, -0.25) is 4.79 Å². The average Bonchev–Trinajstić information content (AvgIpc) is 2.53. The lowest BCUT2D eigenvalue weighted by Crippen LogP contribution is -2.33. The Morgan fingerprint density at radius 2 is 1.91 bits per heavy atom. The van der Waals surface area contributed by atoms with Crippen LogP contribution in [0.3, 0.4) is 0 Å². The summed E-state index contributed by atoms with van der Waals surface area (Å²) >= 11 is 0. The summed E-state index contributed by atoms with van der Waals surface area (Å²) in [7, 11) is -0.963. The monoisotopic (exact) mass is 297 g/mol. The zero-order valence-electron chi connectivity index (χ0n) is 12.8. The lowest BCUT2D eigenvalue weighted by atomic mass is 9.80. The highest BCUT2D eigenvalue weighted by atomic mass is 16.5. The third kappa shape index (κ3) is 4.72. The Balaban J connectivity index is 1.94. The molecule has 22 heavy (non-hydrogen) atoms. The second-order valence-corrected chi connectivity index (χ2v) is 5.42. The average molecular weight is 297 g/mol. The first kappa shape index (κ1) is 16.3. The molecule has 2 N–H and O–H groups in total. The van der Waals surface area contributed by atoms with E-state index in [4.69, 9.17) is 4.65 Å². The van der Waals surface area contributed by atoms with E-state index < -0.39 is 7.12 Å². The molecule has 0 heterocycles. The first-order chi connectivity index (χ1) is 10.6. The van der Waals surface area contributed by atoms with Crippen LogP contribution in [0.1, 0.15) is 19.4 Å². The molecule has 0 radical (unpaired) electrons. The standard InChI is InChI=1S/C17H20BNO3/c1-13(2)17(20)19-16-10-6-7-14(11-16)12-22-18(21)15-8-4-3-5-9-15/h3-11,13,21H,12H2,1-2H3,(H,19,20). The molecule has 2 aromatic carbocycles. The van der Waals surface area contributed by atoms with Crippen LogP contribution in [0.5, 0.6) is 0 Å². The number of anilines is 1. The maximum atomic E-state index is 11.7. The fourth-order valence-electron chi connectivity index (χ4n) is 1.91. The van der Waals surface area contributed by atoms with E-state index in [1.54, 1.807) is 0 Å². The van der Waals surface area contributed by atoms with E-state index in [9.17, 15) is 9.82 Å². The van der Waals surface area contributed by atoms with E-state index in [-0.39, 0.29) is 18.4 Å². The Bertz CT molecular complexity index is 616. The minimum absolute atomic E-state index is 0.0256. The summed E-state index contributed by atoms with van der Waals surface area (Å²) in [5.41, 5.74) is 2.33. The van der Waals surface area contributed by atoms with Crippen LogP contribution in [0.25, 0.3) is 0 Å². The Labute approximate surface area is 131 Å². The molecule has 0 saturated heterocycles. The van der Waals surface area contributed by atoms with Crippen molar-refractivity contribution in [3.05, 3.63) is 60.2 Å². The molecule has 5 heteroatoms. The molecule has 0 aliphatic carbocycles. The molecule has 0 aliphatic rings. The second-order valence-electron chi connectivity index (χ2n) is 5.42. The van der Waals surface area contributed by atoms with Gasteiger partial charge in [-0.15, -0.1) is 0 Å². The minimum Gasteiger partial charge on any atom is -0.423 e. The van der Waals surface area contributed by atoms with Crippen LogP contribution in [-0.4, -0.2) is 18.0 Å². The Kier molecular flexibility index (Phi) is 5.75. The summed E-state index contributed by atoms with van der Waals surface area (Å²) < 4.78 is 5.46. The normalized spacial score (nSPS) is 10.5. The van der Waals surface area contributed by atoms with Crippen molar-refractivity contribution >= 4 is 24.2 Å². The largest absolute Gasteiger partial charge is 0.491 e. The molecule has 0 aromatic heterocycles. The third-order valence-corrected chi connectivity index (χ3v) is 3.21. The SMILES string of the molecule is CC(C)C(=O)Nc1cccc(COB(O)c2ccccc2)c1. The van der Waals surface area contributed by atoms with Gasteiger partial charge >= 0.3 is 7.12 Å². The lowest BCUT2D eigenvalue weighted by Gasteiger charge is -2.11. The van der Waals surface area contributed by atoms with E-state index in [0.29, 0.717) is 5.46 Å². The molecule has 2 rings (SSSR count). The molecule has 0 bridgehead atoms. The minimum atomic E-state index is -0.963. The fraction of sp³-hybridized carbons (Fsp3) is 0.235. The first-order valence-corrected chi connectivity index (χ1v) is 7.30. The van der Waals surface area contributed by atoms with Gasteiger partial charge in [-0.05, 0) is 23.2 Å². The molecule has 0 unspecified atom stereocenters. The summed E-state index contributed by atoms with van der Waals surface area (Å²) in [5.74, 6) is -0.0952. The zero-order valence-corrected chi connectivity index (χ0v) is 12.8. The molecule has 0 saturated carbocycles. The summed E-state index contributed by atoms with van der Waals surface area (Å²) in [6.07, 6.45) is 0. The van der Waals surface area contributed by atoms with Crippen molar-refractivity contribution < 1.29 is 14.5 Å². The van der Waals surface area contributed by atoms with Gasteiger partial charge in [0.25, 0.3) is 0 Å². The number of carbonyl (C=O) groups excluding carboxylic acids is 1. The van der Waals surface area contributed by atoms with Gasteiger partial charge in [-0.1, -0.05) is 56.3 Å². The highest BCUT2D eigenvalue weighted by Gasteiger charge is 2.15. The summed E-state index contributed by atoms with van der Waals surface area (Å²) in [5, 5.41) is 12.8. The van der Waals surface area contributed by atoms with Gasteiger partial charge < -0.3 is 15.0 Å².